The number of hydrogen-bond acceptors (Lipinski definition) is 5. The van der Waals surface area contributed by atoms with Crippen LogP contribution in [-0.2, 0) is 16.1 Å². The standard InChI is InChI=1S/C18H23N3O3S/c1-12-6-5-7-15(8-12)19-17(22)10-25-11-18(23)21(4)9-16-13(2)20-24-14(16)3/h5-8H,9-11H2,1-4H3,(H,19,22). The van der Waals surface area contributed by atoms with Gasteiger partial charge in [-0.3, -0.25) is 9.59 Å². The maximum atomic E-state index is 12.2. The van der Waals surface area contributed by atoms with E-state index in [0.29, 0.717) is 6.54 Å². The minimum atomic E-state index is -0.114. The van der Waals surface area contributed by atoms with E-state index in [9.17, 15) is 9.59 Å². The van der Waals surface area contributed by atoms with E-state index >= 15 is 0 Å². The lowest BCUT2D eigenvalue weighted by molar-refractivity contribution is -0.127. The van der Waals surface area contributed by atoms with Gasteiger partial charge in [-0.1, -0.05) is 17.3 Å². The summed E-state index contributed by atoms with van der Waals surface area (Å²) in [5.74, 6) is 1.06. The van der Waals surface area contributed by atoms with Gasteiger partial charge >= 0.3 is 0 Å². The highest BCUT2D eigenvalue weighted by Crippen LogP contribution is 2.15. The summed E-state index contributed by atoms with van der Waals surface area (Å²) in [4.78, 5) is 25.8. The molecule has 2 aromatic rings. The van der Waals surface area contributed by atoms with Crippen molar-refractivity contribution in [2.75, 3.05) is 23.9 Å². The van der Waals surface area contributed by atoms with E-state index in [1.807, 2.05) is 45.0 Å². The predicted octanol–water partition coefficient (Wildman–Crippen LogP) is 2.93. The van der Waals surface area contributed by atoms with E-state index in [1.54, 1.807) is 11.9 Å². The second-order valence-electron chi connectivity index (χ2n) is 5.96. The summed E-state index contributed by atoms with van der Waals surface area (Å²) < 4.78 is 5.11. The van der Waals surface area contributed by atoms with Crippen LogP contribution < -0.4 is 5.32 Å². The largest absolute Gasteiger partial charge is 0.361 e. The number of thioether (sulfide) groups is 1. The van der Waals surface area contributed by atoms with Crippen LogP contribution >= 0.6 is 11.8 Å². The van der Waals surface area contributed by atoms with Crippen molar-refractivity contribution in [3.8, 4) is 0 Å². The quantitative estimate of drug-likeness (QED) is 0.821. The van der Waals surface area contributed by atoms with Crippen molar-refractivity contribution in [1.29, 1.82) is 0 Å². The minimum Gasteiger partial charge on any atom is -0.361 e. The normalized spacial score (nSPS) is 10.6. The van der Waals surface area contributed by atoms with Crippen molar-refractivity contribution in [3.63, 3.8) is 0 Å². The number of rotatable bonds is 7. The van der Waals surface area contributed by atoms with E-state index in [-0.39, 0.29) is 23.3 Å². The molecule has 1 aromatic carbocycles. The summed E-state index contributed by atoms with van der Waals surface area (Å²) in [5.41, 5.74) is 3.58. The van der Waals surface area contributed by atoms with Gasteiger partial charge < -0.3 is 14.7 Å². The Morgan fingerprint density at radius 1 is 1.24 bits per heavy atom. The number of nitrogens with zero attached hydrogens (tertiary/aromatic N) is 2. The van der Waals surface area contributed by atoms with E-state index in [1.165, 1.54) is 11.8 Å². The molecule has 0 bridgehead atoms. The second kappa shape index (κ2) is 8.71. The van der Waals surface area contributed by atoms with Crippen molar-refractivity contribution in [2.24, 2.45) is 0 Å². The average molecular weight is 361 g/mol. The average Bonchev–Trinajstić information content (AvgIpc) is 2.86. The molecule has 7 heteroatoms. The highest BCUT2D eigenvalue weighted by molar-refractivity contribution is 8.00. The van der Waals surface area contributed by atoms with Crippen LogP contribution in [0.1, 0.15) is 22.6 Å². The highest BCUT2D eigenvalue weighted by atomic mass is 32.2. The van der Waals surface area contributed by atoms with E-state index < -0.39 is 0 Å². The van der Waals surface area contributed by atoms with Gasteiger partial charge in [-0.25, -0.2) is 0 Å². The number of hydrogen-bond donors (Lipinski definition) is 1. The van der Waals surface area contributed by atoms with Gasteiger partial charge in [0.25, 0.3) is 0 Å². The molecule has 25 heavy (non-hydrogen) atoms. The predicted molar refractivity (Wildman–Crippen MR) is 99.6 cm³/mol. The van der Waals surface area contributed by atoms with Crippen molar-refractivity contribution in [2.45, 2.75) is 27.3 Å². The third-order valence-corrected chi connectivity index (χ3v) is 4.68. The summed E-state index contributed by atoms with van der Waals surface area (Å²) in [5, 5.41) is 6.72. The molecule has 1 heterocycles. The molecule has 0 spiro atoms. The molecule has 0 atom stereocenters. The Morgan fingerprint density at radius 3 is 2.64 bits per heavy atom. The van der Waals surface area contributed by atoms with Crippen LogP contribution in [0, 0.1) is 20.8 Å². The first-order valence-electron chi connectivity index (χ1n) is 7.96. The second-order valence-corrected chi connectivity index (χ2v) is 6.95. The van der Waals surface area contributed by atoms with Gasteiger partial charge in [-0.05, 0) is 38.5 Å². The zero-order chi connectivity index (χ0) is 18.4. The number of aryl methyl sites for hydroxylation is 3. The van der Waals surface area contributed by atoms with Crippen molar-refractivity contribution >= 4 is 29.3 Å². The molecule has 0 aliphatic heterocycles. The Balaban J connectivity index is 1.75. The van der Waals surface area contributed by atoms with Gasteiger partial charge in [-0.2, -0.15) is 0 Å². The highest BCUT2D eigenvalue weighted by Gasteiger charge is 2.16. The number of benzene rings is 1. The monoisotopic (exact) mass is 361 g/mol. The fourth-order valence-corrected chi connectivity index (χ4v) is 3.07. The minimum absolute atomic E-state index is 0.0339. The Hall–Kier alpha value is -2.28. The Bertz CT molecular complexity index is 738. The number of nitrogens with one attached hydrogen (secondary N) is 1. The van der Waals surface area contributed by atoms with E-state index in [4.69, 9.17) is 4.52 Å². The fourth-order valence-electron chi connectivity index (χ4n) is 2.31. The van der Waals surface area contributed by atoms with Crippen LogP contribution in [0.5, 0.6) is 0 Å². The van der Waals surface area contributed by atoms with Gasteiger partial charge in [0.2, 0.25) is 11.8 Å². The van der Waals surface area contributed by atoms with Crippen molar-refractivity contribution in [3.05, 3.63) is 46.8 Å². The molecule has 1 N–H and O–H groups in total. The van der Waals surface area contributed by atoms with Crippen LogP contribution in [0.4, 0.5) is 5.69 Å². The molecule has 0 aliphatic carbocycles. The third kappa shape index (κ3) is 5.63. The Labute approximate surface area is 151 Å². The van der Waals surface area contributed by atoms with Crippen LogP contribution in [0.15, 0.2) is 28.8 Å². The first-order valence-corrected chi connectivity index (χ1v) is 9.12. The van der Waals surface area contributed by atoms with E-state index in [0.717, 1.165) is 28.3 Å². The summed E-state index contributed by atoms with van der Waals surface area (Å²) in [6, 6.07) is 7.62. The third-order valence-electron chi connectivity index (χ3n) is 3.76. The number of amides is 2. The summed E-state index contributed by atoms with van der Waals surface area (Å²) in [6.07, 6.45) is 0. The molecule has 0 unspecified atom stereocenters. The molecule has 0 fully saturated rings. The van der Waals surface area contributed by atoms with E-state index in [2.05, 4.69) is 10.5 Å². The molecule has 6 nitrogen and oxygen atoms in total. The molecule has 134 valence electrons. The van der Waals surface area contributed by atoms with Crippen LogP contribution in [-0.4, -0.2) is 40.4 Å². The Kier molecular flexibility index (Phi) is 6.64. The molecular formula is C18H23N3O3S. The number of aromatic nitrogens is 1. The molecule has 0 saturated heterocycles. The van der Waals surface area contributed by atoms with Gasteiger partial charge in [0, 0.05) is 18.3 Å². The van der Waals surface area contributed by atoms with Gasteiger partial charge in [-0.15, -0.1) is 11.8 Å². The summed E-state index contributed by atoms with van der Waals surface area (Å²) in [7, 11) is 1.74. The molecule has 1 aromatic heterocycles. The lowest BCUT2D eigenvalue weighted by Gasteiger charge is -2.16. The number of carbonyl (C=O) groups is 2. The molecule has 0 radical (unpaired) electrons. The van der Waals surface area contributed by atoms with Crippen LogP contribution in [0.2, 0.25) is 0 Å². The maximum Gasteiger partial charge on any atom is 0.234 e. The first kappa shape index (κ1) is 19.1. The number of anilines is 1. The molecule has 0 saturated carbocycles. The zero-order valence-corrected chi connectivity index (χ0v) is 15.8. The lowest BCUT2D eigenvalue weighted by Crippen LogP contribution is -2.28. The topological polar surface area (TPSA) is 75.4 Å². The van der Waals surface area contributed by atoms with Crippen molar-refractivity contribution in [1.82, 2.24) is 10.1 Å². The van der Waals surface area contributed by atoms with Crippen LogP contribution in [0.3, 0.4) is 0 Å². The molecule has 0 aliphatic rings. The molecule has 2 amide bonds. The summed E-state index contributed by atoms with van der Waals surface area (Å²) >= 11 is 1.30. The maximum absolute atomic E-state index is 12.2. The SMILES string of the molecule is Cc1cccc(NC(=O)CSCC(=O)N(C)Cc2c(C)noc2C)c1. The fraction of sp³-hybridized carbons (Fsp3) is 0.389. The Morgan fingerprint density at radius 2 is 2.00 bits per heavy atom. The molecular weight excluding hydrogens is 338 g/mol. The summed E-state index contributed by atoms with van der Waals surface area (Å²) in [6.45, 7) is 6.11. The zero-order valence-electron chi connectivity index (χ0n) is 15.0. The lowest BCUT2D eigenvalue weighted by atomic mass is 10.2. The number of carbonyl (C=O) groups excluding carboxylic acids is 2. The first-order chi connectivity index (χ1) is 11.9. The van der Waals surface area contributed by atoms with Gasteiger partial charge in [0.05, 0.1) is 23.7 Å². The molecule has 2 rings (SSSR count). The van der Waals surface area contributed by atoms with Crippen LogP contribution in [0.25, 0.3) is 0 Å². The van der Waals surface area contributed by atoms with Gasteiger partial charge in [0.1, 0.15) is 5.76 Å². The smallest absolute Gasteiger partial charge is 0.234 e. The van der Waals surface area contributed by atoms with Gasteiger partial charge in [0.15, 0.2) is 0 Å². The van der Waals surface area contributed by atoms with Crippen molar-refractivity contribution < 1.29 is 14.1 Å².